The van der Waals surface area contributed by atoms with Gasteiger partial charge in [-0.15, -0.1) is 0 Å². The van der Waals surface area contributed by atoms with Gasteiger partial charge < -0.3 is 0 Å². The Morgan fingerprint density at radius 3 is 2.67 bits per heavy atom. The standard InChI is InChI=1S/C8H7ClN4.C2H6/c1-6-4-11-8(9)12-7(6)13-3-2-10-5-13;1-2/h2-5H,1H3;1-2H3. The summed E-state index contributed by atoms with van der Waals surface area (Å²) in [5, 5.41) is 0.245. The Morgan fingerprint density at radius 2 is 2.07 bits per heavy atom. The van der Waals surface area contributed by atoms with Gasteiger partial charge in [0.2, 0.25) is 5.28 Å². The van der Waals surface area contributed by atoms with E-state index in [4.69, 9.17) is 11.6 Å². The lowest BCUT2D eigenvalue weighted by atomic mass is 10.3. The molecule has 2 heterocycles. The first-order chi connectivity index (χ1) is 7.27. The van der Waals surface area contributed by atoms with Crippen molar-refractivity contribution in [2.45, 2.75) is 20.8 Å². The molecule has 2 rings (SSSR count). The summed E-state index contributed by atoms with van der Waals surface area (Å²) in [4.78, 5) is 11.9. The topological polar surface area (TPSA) is 43.6 Å². The second kappa shape index (κ2) is 5.46. The molecule has 2 aromatic heterocycles. The predicted molar refractivity (Wildman–Crippen MR) is 60.2 cm³/mol. The maximum atomic E-state index is 5.68. The Kier molecular flexibility index (Phi) is 4.24. The molecule has 0 saturated carbocycles. The van der Waals surface area contributed by atoms with Crippen LogP contribution in [0, 0.1) is 6.92 Å². The number of imidazole rings is 1. The van der Waals surface area contributed by atoms with Crippen LogP contribution in [-0.4, -0.2) is 19.5 Å². The molecule has 0 bridgehead atoms. The SMILES string of the molecule is CC.Cc1cnc(Cl)nc1-n1ccnc1. The van der Waals surface area contributed by atoms with E-state index in [2.05, 4.69) is 15.0 Å². The number of hydrogen-bond donors (Lipinski definition) is 0. The van der Waals surface area contributed by atoms with Gasteiger partial charge >= 0.3 is 0 Å². The van der Waals surface area contributed by atoms with Crippen LogP contribution in [0.5, 0.6) is 0 Å². The second-order valence-electron chi connectivity index (χ2n) is 2.62. The maximum Gasteiger partial charge on any atom is 0.224 e. The number of aromatic nitrogens is 4. The molecule has 0 atom stereocenters. The molecule has 0 N–H and O–H groups in total. The summed E-state index contributed by atoms with van der Waals surface area (Å²) in [7, 11) is 0. The number of aryl methyl sites for hydroxylation is 1. The molecule has 0 fully saturated rings. The highest BCUT2D eigenvalue weighted by Gasteiger charge is 2.03. The van der Waals surface area contributed by atoms with Gasteiger partial charge in [0.25, 0.3) is 0 Å². The summed E-state index contributed by atoms with van der Waals surface area (Å²) in [5.74, 6) is 0.762. The van der Waals surface area contributed by atoms with Crippen molar-refractivity contribution >= 4 is 11.6 Å². The van der Waals surface area contributed by atoms with E-state index >= 15 is 0 Å². The molecule has 0 aliphatic rings. The van der Waals surface area contributed by atoms with Gasteiger partial charge in [0.05, 0.1) is 0 Å². The summed E-state index contributed by atoms with van der Waals surface area (Å²) in [6.07, 6.45) is 6.86. The molecule has 15 heavy (non-hydrogen) atoms. The zero-order valence-corrected chi connectivity index (χ0v) is 9.73. The third-order valence-corrected chi connectivity index (χ3v) is 1.85. The predicted octanol–water partition coefficient (Wildman–Crippen LogP) is 2.65. The van der Waals surface area contributed by atoms with Gasteiger partial charge in [-0.1, -0.05) is 13.8 Å². The first kappa shape index (κ1) is 11.7. The Labute approximate surface area is 94.0 Å². The van der Waals surface area contributed by atoms with Crippen LogP contribution in [0.25, 0.3) is 5.82 Å². The zero-order valence-electron chi connectivity index (χ0n) is 8.98. The first-order valence-corrected chi connectivity index (χ1v) is 5.12. The molecule has 80 valence electrons. The van der Waals surface area contributed by atoms with E-state index in [9.17, 15) is 0 Å². The molecule has 0 aliphatic carbocycles. The number of halogens is 1. The molecule has 2 aromatic rings. The minimum atomic E-state index is 0.245. The van der Waals surface area contributed by atoms with Crippen LogP contribution in [0.2, 0.25) is 5.28 Å². The Morgan fingerprint density at radius 1 is 1.33 bits per heavy atom. The maximum absolute atomic E-state index is 5.68. The molecule has 0 radical (unpaired) electrons. The van der Waals surface area contributed by atoms with E-state index in [-0.39, 0.29) is 5.28 Å². The monoisotopic (exact) mass is 224 g/mol. The van der Waals surface area contributed by atoms with Crippen molar-refractivity contribution in [1.82, 2.24) is 19.5 Å². The fourth-order valence-corrected chi connectivity index (χ4v) is 1.19. The van der Waals surface area contributed by atoms with Crippen LogP contribution < -0.4 is 0 Å². The molecule has 0 amide bonds. The first-order valence-electron chi connectivity index (χ1n) is 4.75. The van der Waals surface area contributed by atoms with E-state index in [1.54, 1.807) is 23.3 Å². The van der Waals surface area contributed by atoms with Gasteiger partial charge in [0.15, 0.2) is 0 Å². The van der Waals surface area contributed by atoms with Gasteiger partial charge in [0, 0.05) is 24.2 Å². The van der Waals surface area contributed by atoms with Gasteiger partial charge in [-0.3, -0.25) is 4.57 Å². The van der Waals surface area contributed by atoms with Crippen LogP contribution >= 0.6 is 11.6 Å². The third-order valence-electron chi connectivity index (χ3n) is 1.66. The van der Waals surface area contributed by atoms with Crippen molar-refractivity contribution in [3.63, 3.8) is 0 Å². The fourth-order valence-electron chi connectivity index (χ4n) is 1.06. The Balaban J connectivity index is 0.000000531. The molecule has 0 aliphatic heterocycles. The van der Waals surface area contributed by atoms with Crippen molar-refractivity contribution in [2.75, 3.05) is 0 Å². The van der Waals surface area contributed by atoms with Crippen molar-refractivity contribution < 1.29 is 0 Å². The second-order valence-corrected chi connectivity index (χ2v) is 2.95. The van der Waals surface area contributed by atoms with Crippen LogP contribution in [-0.2, 0) is 0 Å². The fraction of sp³-hybridized carbons (Fsp3) is 0.300. The van der Waals surface area contributed by atoms with Crippen molar-refractivity contribution in [3.8, 4) is 5.82 Å². The van der Waals surface area contributed by atoms with Crippen LogP contribution in [0.3, 0.4) is 0 Å². The lowest BCUT2D eigenvalue weighted by Gasteiger charge is -2.03. The lowest BCUT2D eigenvalue weighted by Crippen LogP contribution is -1.99. The summed E-state index contributed by atoms with van der Waals surface area (Å²) in [6.45, 7) is 5.92. The van der Waals surface area contributed by atoms with Gasteiger partial charge in [-0.05, 0) is 18.5 Å². The molecule has 5 heteroatoms. The van der Waals surface area contributed by atoms with Gasteiger partial charge in [-0.2, -0.15) is 4.98 Å². The van der Waals surface area contributed by atoms with Crippen molar-refractivity contribution in [2.24, 2.45) is 0 Å². The van der Waals surface area contributed by atoms with Gasteiger partial charge in [-0.25, -0.2) is 9.97 Å². The number of nitrogens with zero attached hydrogens (tertiary/aromatic N) is 4. The molecule has 4 nitrogen and oxygen atoms in total. The smallest absolute Gasteiger partial charge is 0.224 e. The molecule has 0 spiro atoms. The normalized spacial score (nSPS) is 9.33. The summed E-state index contributed by atoms with van der Waals surface area (Å²) in [5.41, 5.74) is 0.961. The lowest BCUT2D eigenvalue weighted by molar-refractivity contribution is 0.950. The number of hydrogen-bond acceptors (Lipinski definition) is 3. The molecule has 0 saturated heterocycles. The Bertz CT molecular complexity index is 411. The average Bonchev–Trinajstić information content (AvgIpc) is 2.78. The molecular weight excluding hydrogens is 212 g/mol. The zero-order chi connectivity index (χ0) is 11.3. The molecule has 0 aromatic carbocycles. The summed E-state index contributed by atoms with van der Waals surface area (Å²) >= 11 is 5.68. The van der Waals surface area contributed by atoms with Gasteiger partial charge in [0.1, 0.15) is 12.1 Å². The highest BCUT2D eigenvalue weighted by molar-refractivity contribution is 6.28. The van der Waals surface area contributed by atoms with E-state index < -0.39 is 0 Å². The van der Waals surface area contributed by atoms with Crippen molar-refractivity contribution in [1.29, 1.82) is 0 Å². The summed E-state index contributed by atoms with van der Waals surface area (Å²) in [6, 6.07) is 0. The molecular formula is C10H13ClN4. The highest BCUT2D eigenvalue weighted by Crippen LogP contribution is 2.11. The van der Waals surface area contributed by atoms with Crippen LogP contribution in [0.1, 0.15) is 19.4 Å². The van der Waals surface area contributed by atoms with E-state index in [1.807, 2.05) is 27.0 Å². The van der Waals surface area contributed by atoms with E-state index in [0.29, 0.717) is 0 Å². The summed E-state index contributed by atoms with van der Waals surface area (Å²) < 4.78 is 1.79. The van der Waals surface area contributed by atoms with Crippen LogP contribution in [0.4, 0.5) is 0 Å². The molecule has 0 unspecified atom stereocenters. The van der Waals surface area contributed by atoms with Crippen LogP contribution in [0.15, 0.2) is 24.9 Å². The van der Waals surface area contributed by atoms with E-state index in [1.165, 1.54) is 0 Å². The number of rotatable bonds is 1. The minimum Gasteiger partial charge on any atom is -0.290 e. The quantitative estimate of drug-likeness (QED) is 0.700. The van der Waals surface area contributed by atoms with Crippen molar-refractivity contribution in [3.05, 3.63) is 35.8 Å². The van der Waals surface area contributed by atoms with E-state index in [0.717, 1.165) is 11.4 Å². The average molecular weight is 225 g/mol. The largest absolute Gasteiger partial charge is 0.290 e. The Hall–Kier alpha value is -1.42. The minimum absolute atomic E-state index is 0.245. The highest BCUT2D eigenvalue weighted by atomic mass is 35.5. The third kappa shape index (κ3) is 2.76.